The molecule has 0 aliphatic carbocycles. The first kappa shape index (κ1) is 17.5. The van der Waals surface area contributed by atoms with Gasteiger partial charge in [0.25, 0.3) is 0 Å². The second-order valence-corrected chi connectivity index (χ2v) is 8.37. The van der Waals surface area contributed by atoms with E-state index in [1.807, 2.05) is 0 Å². The summed E-state index contributed by atoms with van der Waals surface area (Å²) in [7, 11) is -3.17. The number of carboxylic acids is 1. The van der Waals surface area contributed by atoms with E-state index >= 15 is 0 Å². The van der Waals surface area contributed by atoms with E-state index in [0.717, 1.165) is 0 Å². The van der Waals surface area contributed by atoms with Gasteiger partial charge in [0.1, 0.15) is 6.04 Å². The number of nitrogens with one attached hydrogen (secondary N) is 1. The zero-order valence-electron chi connectivity index (χ0n) is 10.6. The number of carbonyl (C=O) groups is 2. The molecule has 116 valence electrons. The average Bonchev–Trinajstić information content (AvgIpc) is 2.57. The Balaban J connectivity index is 2.23. The third kappa shape index (κ3) is 5.86. The van der Waals surface area contributed by atoms with Crippen LogP contribution in [0, 0.1) is 0 Å². The van der Waals surface area contributed by atoms with Crippen molar-refractivity contribution in [1.82, 2.24) is 5.32 Å². The molecular weight excluding hydrogens is 328 g/mol. The summed E-state index contributed by atoms with van der Waals surface area (Å²) >= 11 is 7.11. The highest BCUT2D eigenvalue weighted by molar-refractivity contribution is 7.99. The molecular formula is C10H17ClN2O5S2. The topological polar surface area (TPSA) is 127 Å². The fraction of sp³-hybridized carbons (Fsp3) is 0.800. The second-order valence-electron chi connectivity index (χ2n) is 4.55. The van der Waals surface area contributed by atoms with Crippen molar-refractivity contribution in [2.45, 2.75) is 23.9 Å². The molecule has 0 aromatic carbocycles. The third-order valence-corrected chi connectivity index (χ3v) is 6.12. The van der Waals surface area contributed by atoms with Crippen molar-refractivity contribution in [3.63, 3.8) is 0 Å². The number of sulfone groups is 1. The lowest BCUT2D eigenvalue weighted by atomic mass is 10.2. The lowest BCUT2D eigenvalue weighted by molar-refractivity contribution is -0.138. The van der Waals surface area contributed by atoms with Crippen LogP contribution in [0.1, 0.15) is 6.42 Å². The lowest BCUT2D eigenvalue weighted by Crippen LogP contribution is -2.41. The lowest BCUT2D eigenvalue weighted by Gasteiger charge is -2.14. The maximum atomic E-state index is 11.6. The Bertz CT molecular complexity index is 470. The molecule has 20 heavy (non-hydrogen) atoms. The first-order chi connectivity index (χ1) is 9.21. The second kappa shape index (κ2) is 7.48. The predicted molar refractivity (Wildman–Crippen MR) is 77.8 cm³/mol. The Labute approximate surface area is 126 Å². The SMILES string of the molecule is NC(CCSCC(=O)NC1CS(=O)(=O)CC1Cl)C(=O)O. The van der Waals surface area contributed by atoms with Crippen LogP contribution in [0.4, 0.5) is 0 Å². The number of halogens is 1. The van der Waals surface area contributed by atoms with Gasteiger partial charge in [0.05, 0.1) is 28.7 Å². The Morgan fingerprint density at radius 1 is 1.45 bits per heavy atom. The Hall–Kier alpha value is -0.510. The van der Waals surface area contributed by atoms with Gasteiger partial charge in [0.15, 0.2) is 9.84 Å². The fourth-order valence-electron chi connectivity index (χ4n) is 1.68. The molecule has 1 aliphatic heterocycles. The molecule has 1 rings (SSSR count). The van der Waals surface area contributed by atoms with Gasteiger partial charge < -0.3 is 16.2 Å². The molecule has 1 aliphatic rings. The minimum Gasteiger partial charge on any atom is -0.480 e. The molecule has 3 atom stereocenters. The van der Waals surface area contributed by atoms with E-state index in [2.05, 4.69) is 5.32 Å². The summed E-state index contributed by atoms with van der Waals surface area (Å²) in [5.41, 5.74) is 5.32. The van der Waals surface area contributed by atoms with Crippen LogP contribution in [-0.2, 0) is 19.4 Å². The van der Waals surface area contributed by atoms with E-state index in [1.54, 1.807) is 0 Å². The van der Waals surface area contributed by atoms with Gasteiger partial charge in [-0.1, -0.05) is 0 Å². The number of amides is 1. The monoisotopic (exact) mass is 344 g/mol. The van der Waals surface area contributed by atoms with Crippen LogP contribution >= 0.6 is 23.4 Å². The van der Waals surface area contributed by atoms with Crippen LogP contribution in [0.15, 0.2) is 0 Å². The molecule has 0 saturated carbocycles. The minimum absolute atomic E-state index is 0.118. The van der Waals surface area contributed by atoms with Crippen LogP contribution in [0.5, 0.6) is 0 Å². The molecule has 0 aromatic rings. The number of thioether (sulfide) groups is 1. The molecule has 1 fully saturated rings. The minimum atomic E-state index is -3.17. The molecule has 4 N–H and O–H groups in total. The Kier molecular flexibility index (Phi) is 6.56. The van der Waals surface area contributed by atoms with E-state index in [9.17, 15) is 18.0 Å². The first-order valence-corrected chi connectivity index (χ1v) is 9.32. The molecule has 0 spiro atoms. The summed E-state index contributed by atoms with van der Waals surface area (Å²) in [5, 5.41) is 10.5. The van der Waals surface area contributed by atoms with Crippen molar-refractivity contribution in [2.75, 3.05) is 23.0 Å². The number of carboxylic acid groups (broad SMARTS) is 1. The molecule has 10 heteroatoms. The van der Waals surface area contributed by atoms with Crippen LogP contribution < -0.4 is 11.1 Å². The van der Waals surface area contributed by atoms with Gasteiger partial charge in [0, 0.05) is 0 Å². The van der Waals surface area contributed by atoms with Crippen molar-refractivity contribution in [2.24, 2.45) is 5.73 Å². The smallest absolute Gasteiger partial charge is 0.320 e. The maximum absolute atomic E-state index is 11.6. The number of aliphatic carboxylic acids is 1. The largest absolute Gasteiger partial charge is 0.480 e. The van der Waals surface area contributed by atoms with Crippen LogP contribution in [0.2, 0.25) is 0 Å². The summed E-state index contributed by atoms with van der Waals surface area (Å²) in [6.07, 6.45) is 0.267. The van der Waals surface area contributed by atoms with E-state index in [0.29, 0.717) is 5.75 Å². The van der Waals surface area contributed by atoms with Crippen molar-refractivity contribution >= 4 is 45.1 Å². The molecule has 0 radical (unpaired) electrons. The normalized spacial score (nSPS) is 26.1. The molecule has 1 amide bonds. The summed E-state index contributed by atoms with van der Waals surface area (Å²) in [6.45, 7) is 0. The van der Waals surface area contributed by atoms with E-state index in [4.69, 9.17) is 22.4 Å². The van der Waals surface area contributed by atoms with Crippen molar-refractivity contribution < 1.29 is 23.1 Å². The Morgan fingerprint density at radius 3 is 2.60 bits per heavy atom. The van der Waals surface area contributed by atoms with Gasteiger partial charge in [-0.15, -0.1) is 11.6 Å². The van der Waals surface area contributed by atoms with Gasteiger partial charge >= 0.3 is 5.97 Å². The number of hydrogen-bond donors (Lipinski definition) is 3. The van der Waals surface area contributed by atoms with Crippen LogP contribution in [-0.4, -0.2) is 65.9 Å². The van der Waals surface area contributed by atoms with Gasteiger partial charge in [-0.05, 0) is 12.2 Å². The van der Waals surface area contributed by atoms with E-state index in [1.165, 1.54) is 11.8 Å². The molecule has 3 unspecified atom stereocenters. The summed E-state index contributed by atoms with van der Waals surface area (Å²) < 4.78 is 22.6. The molecule has 0 aromatic heterocycles. The zero-order chi connectivity index (χ0) is 15.3. The fourth-order valence-corrected chi connectivity index (χ4v) is 5.07. The van der Waals surface area contributed by atoms with Gasteiger partial charge in [-0.25, -0.2) is 8.42 Å². The van der Waals surface area contributed by atoms with Crippen molar-refractivity contribution in [3.05, 3.63) is 0 Å². The molecule has 1 saturated heterocycles. The quantitative estimate of drug-likeness (QED) is 0.401. The highest BCUT2D eigenvalue weighted by Gasteiger charge is 2.37. The Morgan fingerprint density at radius 2 is 2.10 bits per heavy atom. The predicted octanol–water partition coefficient (Wildman–Crippen LogP) is -0.958. The summed E-state index contributed by atoms with van der Waals surface area (Å²) in [5.74, 6) is -1.09. The zero-order valence-corrected chi connectivity index (χ0v) is 13.0. The van der Waals surface area contributed by atoms with Crippen molar-refractivity contribution in [3.8, 4) is 0 Å². The summed E-state index contributed by atoms with van der Waals surface area (Å²) in [6, 6.07) is -1.49. The van der Waals surface area contributed by atoms with Gasteiger partial charge in [-0.3, -0.25) is 9.59 Å². The van der Waals surface area contributed by atoms with E-state index < -0.39 is 33.3 Å². The first-order valence-electron chi connectivity index (χ1n) is 5.91. The third-order valence-electron chi connectivity index (χ3n) is 2.75. The maximum Gasteiger partial charge on any atom is 0.320 e. The number of alkyl halides is 1. The van der Waals surface area contributed by atoms with Crippen molar-refractivity contribution in [1.29, 1.82) is 0 Å². The molecule has 0 bridgehead atoms. The summed E-state index contributed by atoms with van der Waals surface area (Å²) in [4.78, 5) is 22.1. The highest BCUT2D eigenvalue weighted by atomic mass is 35.5. The van der Waals surface area contributed by atoms with Gasteiger partial charge in [0.2, 0.25) is 5.91 Å². The molecule has 1 heterocycles. The van der Waals surface area contributed by atoms with Gasteiger partial charge in [-0.2, -0.15) is 11.8 Å². The van der Waals surface area contributed by atoms with E-state index in [-0.39, 0.29) is 29.6 Å². The highest BCUT2D eigenvalue weighted by Crippen LogP contribution is 2.18. The number of hydrogen-bond acceptors (Lipinski definition) is 6. The standard InChI is InChI=1S/C10H17ClN2O5S2/c11-6-4-20(17,18)5-8(6)13-9(14)3-19-2-1-7(12)10(15)16/h6-8H,1-5,12H2,(H,13,14)(H,15,16). The number of rotatable bonds is 7. The van der Waals surface area contributed by atoms with Crippen LogP contribution in [0.25, 0.3) is 0 Å². The number of carbonyl (C=O) groups excluding carboxylic acids is 1. The van der Waals surface area contributed by atoms with Crippen LogP contribution in [0.3, 0.4) is 0 Å². The number of nitrogens with two attached hydrogens (primary N) is 1. The molecule has 7 nitrogen and oxygen atoms in total. The average molecular weight is 345 g/mol.